The molecule has 2 fully saturated rings. The van der Waals surface area contributed by atoms with Gasteiger partial charge in [-0.2, -0.15) is 0 Å². The molecule has 2 saturated heterocycles. The van der Waals surface area contributed by atoms with Gasteiger partial charge in [0.05, 0.1) is 35.9 Å². The zero-order valence-corrected chi connectivity index (χ0v) is 26.2. The smallest absolute Gasteiger partial charge is 0.335 e. The van der Waals surface area contributed by atoms with Gasteiger partial charge in [0.15, 0.2) is 18.4 Å². The maximum absolute atomic E-state index is 13.1. The molecule has 2 amide bonds. The number of aliphatic imine (C=N–C) groups is 1. The summed E-state index contributed by atoms with van der Waals surface area (Å²) in [6, 6.07) is -1.02. The highest BCUT2D eigenvalue weighted by atomic mass is 16.7. The molecule has 42 heavy (non-hydrogen) atoms. The van der Waals surface area contributed by atoms with Gasteiger partial charge in [-0.3, -0.25) is 14.6 Å². The van der Waals surface area contributed by atoms with E-state index in [1.54, 1.807) is 51.1 Å². The van der Waals surface area contributed by atoms with E-state index in [9.17, 15) is 24.6 Å². The van der Waals surface area contributed by atoms with Crippen LogP contribution in [0.3, 0.4) is 0 Å². The predicted molar refractivity (Wildman–Crippen MR) is 157 cm³/mol. The minimum Gasteiger partial charge on any atom is -0.453 e. The van der Waals surface area contributed by atoms with Crippen molar-refractivity contribution in [1.82, 2.24) is 15.1 Å². The predicted octanol–water partition coefficient (Wildman–Crippen LogP) is 0.746. The van der Waals surface area contributed by atoms with Crippen LogP contribution in [-0.4, -0.2) is 127 Å². The molecule has 0 bridgehead atoms. The second kappa shape index (κ2) is 14.4. The number of aliphatic hydroxyl groups excluding tert-OH is 1. The molecule has 3 heterocycles. The Morgan fingerprint density at radius 1 is 1.24 bits per heavy atom. The summed E-state index contributed by atoms with van der Waals surface area (Å²) in [6.07, 6.45) is 1.41. The van der Waals surface area contributed by atoms with Crippen LogP contribution in [-0.2, 0) is 28.6 Å². The van der Waals surface area contributed by atoms with E-state index in [0.717, 1.165) is 0 Å². The van der Waals surface area contributed by atoms with Gasteiger partial charge < -0.3 is 39.5 Å². The number of rotatable bonds is 5. The lowest BCUT2D eigenvalue weighted by Gasteiger charge is -2.47. The minimum absolute atomic E-state index is 0.124. The number of ether oxygens (including phenoxy) is 3. The third-order valence-electron chi connectivity index (χ3n) is 8.62. The number of allylic oxidation sites excluding steroid dienone is 1. The molecule has 1 unspecified atom stereocenters. The third-order valence-corrected chi connectivity index (χ3v) is 8.62. The van der Waals surface area contributed by atoms with Gasteiger partial charge in [-0.15, -0.1) is 0 Å². The number of amides is 2. The van der Waals surface area contributed by atoms with Crippen LogP contribution >= 0.6 is 0 Å². The first-order valence-electron chi connectivity index (χ1n) is 14.9. The molecule has 12 nitrogen and oxygen atoms in total. The van der Waals surface area contributed by atoms with E-state index in [0.29, 0.717) is 13.0 Å². The van der Waals surface area contributed by atoms with Gasteiger partial charge in [0.2, 0.25) is 11.8 Å². The van der Waals surface area contributed by atoms with Gasteiger partial charge in [0.1, 0.15) is 0 Å². The molecule has 0 aromatic heterocycles. The topological polar surface area (TPSA) is 150 Å². The second-order valence-electron chi connectivity index (χ2n) is 12.8. The van der Waals surface area contributed by atoms with Crippen molar-refractivity contribution in [3.8, 4) is 0 Å². The number of likely N-dealkylation sites (N-methyl/N-ethyl adjacent to an activating group) is 1. The van der Waals surface area contributed by atoms with Gasteiger partial charge in [0.25, 0.3) is 0 Å². The normalized spacial score (nSPS) is 40.6. The number of nitrogens with zero attached hydrogens (tertiary/aromatic N) is 3. The molecule has 0 aromatic carbocycles. The minimum atomic E-state index is -1.52. The van der Waals surface area contributed by atoms with E-state index < -0.39 is 60.0 Å². The Balaban J connectivity index is 1.97. The lowest BCUT2D eigenvalue weighted by molar-refractivity contribution is -0.301. The largest absolute Gasteiger partial charge is 0.453 e. The second-order valence-corrected chi connectivity index (χ2v) is 12.8. The van der Waals surface area contributed by atoms with Crippen molar-refractivity contribution in [2.45, 2.75) is 102 Å². The van der Waals surface area contributed by atoms with Crippen LogP contribution in [0.25, 0.3) is 0 Å². The maximum atomic E-state index is 13.1. The van der Waals surface area contributed by atoms with E-state index in [2.05, 4.69) is 10.3 Å². The van der Waals surface area contributed by atoms with Crippen LogP contribution in [0, 0.1) is 17.8 Å². The molecule has 3 aliphatic heterocycles. The van der Waals surface area contributed by atoms with Crippen molar-refractivity contribution in [1.29, 1.82) is 0 Å². The number of hydrogen-bond acceptors (Lipinski definition) is 10. The molecular weight excluding hydrogens is 544 g/mol. The molecule has 3 N–H and O–H groups in total. The summed E-state index contributed by atoms with van der Waals surface area (Å²) < 4.78 is 18.8. The molecule has 3 aliphatic rings. The SMILES string of the molecule is C[C@H]1CN(C)C(=O)CCNC(=O)[C@H](C)[C@@H](O)[C@H](C)[C@@H](O[C@@H]2O[C@H](C)C[C@H](N(C)C)[C@H]2OC(=O)C2C=CC=N2)[C@](C)(O)C1. The van der Waals surface area contributed by atoms with Crippen molar-refractivity contribution in [2.75, 3.05) is 34.2 Å². The van der Waals surface area contributed by atoms with Crippen LogP contribution in [0.15, 0.2) is 17.1 Å². The fourth-order valence-corrected chi connectivity index (χ4v) is 6.33. The van der Waals surface area contributed by atoms with Crippen molar-refractivity contribution in [3.63, 3.8) is 0 Å². The first-order valence-corrected chi connectivity index (χ1v) is 14.9. The Kier molecular flexibility index (Phi) is 11.7. The van der Waals surface area contributed by atoms with Crippen molar-refractivity contribution in [3.05, 3.63) is 12.2 Å². The summed E-state index contributed by atoms with van der Waals surface area (Å²) in [6.45, 7) is 9.35. The molecule has 0 saturated carbocycles. The lowest BCUT2D eigenvalue weighted by Crippen LogP contribution is -2.60. The number of esters is 1. The number of carbonyl (C=O) groups is 3. The first-order chi connectivity index (χ1) is 19.6. The van der Waals surface area contributed by atoms with Crippen molar-refractivity contribution >= 4 is 24.0 Å². The zero-order chi connectivity index (χ0) is 31.4. The molecule has 0 radical (unpaired) electrons. The van der Waals surface area contributed by atoms with Gasteiger partial charge in [0, 0.05) is 38.7 Å². The van der Waals surface area contributed by atoms with Gasteiger partial charge in [-0.25, -0.2) is 4.79 Å². The Morgan fingerprint density at radius 3 is 2.55 bits per heavy atom. The average Bonchev–Trinajstić information content (AvgIpc) is 3.45. The Bertz CT molecular complexity index is 1010. The zero-order valence-electron chi connectivity index (χ0n) is 26.2. The highest BCUT2D eigenvalue weighted by molar-refractivity contribution is 5.86. The quantitative estimate of drug-likeness (QED) is 0.392. The van der Waals surface area contributed by atoms with E-state index in [-0.39, 0.29) is 43.4 Å². The van der Waals surface area contributed by atoms with Crippen molar-refractivity contribution in [2.24, 2.45) is 22.7 Å². The van der Waals surface area contributed by atoms with E-state index >= 15 is 0 Å². The van der Waals surface area contributed by atoms with Gasteiger partial charge >= 0.3 is 5.97 Å². The standard InChI is InChI=1S/C30H50N4O8/c1-17-15-30(5,39)26(19(3)24(36)20(4)27(37)32-13-11-23(35)34(8)16-17)42-29-25(22(33(6)7)14-18(2)40-29)41-28(38)21-10-9-12-31-21/h9-10,12,17-22,24-26,29,36,39H,11,13-16H2,1-8H3,(H,32,37)/t17-,18-,19+,20-,21?,22+,24+,25-,26-,29+,30-/m1/s1. The summed E-state index contributed by atoms with van der Waals surface area (Å²) in [5.41, 5.74) is -1.52. The third kappa shape index (κ3) is 8.37. The highest BCUT2D eigenvalue weighted by Gasteiger charge is 2.49. The van der Waals surface area contributed by atoms with Gasteiger partial charge in [-0.05, 0) is 58.9 Å². The van der Waals surface area contributed by atoms with E-state index in [1.807, 2.05) is 32.8 Å². The Morgan fingerprint density at radius 2 is 1.93 bits per heavy atom. The van der Waals surface area contributed by atoms with Gasteiger partial charge in [-0.1, -0.05) is 20.8 Å². The lowest BCUT2D eigenvalue weighted by atomic mass is 9.77. The molecule has 238 valence electrons. The summed E-state index contributed by atoms with van der Waals surface area (Å²) in [7, 11) is 5.47. The highest BCUT2D eigenvalue weighted by Crippen LogP contribution is 2.36. The first kappa shape index (κ1) is 34.1. The molecule has 0 aromatic rings. The van der Waals surface area contributed by atoms with E-state index in [4.69, 9.17) is 14.2 Å². The molecule has 11 atom stereocenters. The number of aliphatic hydroxyl groups is 2. The van der Waals surface area contributed by atoms with E-state index in [1.165, 1.54) is 0 Å². The average molecular weight is 595 g/mol. The number of carbonyl (C=O) groups excluding carboxylic acids is 3. The number of hydrogen-bond donors (Lipinski definition) is 3. The summed E-state index contributed by atoms with van der Waals surface area (Å²) in [4.78, 5) is 46.3. The molecule has 12 heteroatoms. The number of nitrogens with one attached hydrogen (secondary N) is 1. The van der Waals surface area contributed by atoms with Crippen LogP contribution in [0.1, 0.15) is 53.9 Å². The maximum Gasteiger partial charge on any atom is 0.335 e. The molecule has 0 aliphatic carbocycles. The summed E-state index contributed by atoms with van der Waals surface area (Å²) >= 11 is 0. The fourth-order valence-electron chi connectivity index (χ4n) is 6.33. The monoisotopic (exact) mass is 594 g/mol. The van der Waals surface area contributed by atoms with Crippen LogP contribution in [0.2, 0.25) is 0 Å². The fraction of sp³-hybridized carbons (Fsp3) is 0.800. The molecular formula is C30H50N4O8. The van der Waals surface area contributed by atoms with Crippen LogP contribution in [0.5, 0.6) is 0 Å². The summed E-state index contributed by atoms with van der Waals surface area (Å²) in [5.74, 6) is -2.77. The molecule has 0 spiro atoms. The summed E-state index contributed by atoms with van der Waals surface area (Å²) in [5, 5.41) is 26.1. The Hall–Kier alpha value is -2.38. The van der Waals surface area contributed by atoms with Crippen LogP contribution < -0.4 is 5.32 Å². The Labute approximate surface area is 249 Å². The van der Waals surface area contributed by atoms with Crippen molar-refractivity contribution < 1.29 is 38.8 Å². The van der Waals surface area contributed by atoms with Crippen LogP contribution in [0.4, 0.5) is 0 Å². The molecule has 3 rings (SSSR count).